The van der Waals surface area contributed by atoms with Crippen LogP contribution in [-0.4, -0.2) is 21.6 Å². The Labute approximate surface area is 108 Å². The highest BCUT2D eigenvalue weighted by Gasteiger charge is 2.07. The lowest BCUT2D eigenvalue weighted by molar-refractivity contribution is 0.187. The third-order valence-electron chi connectivity index (χ3n) is 1.96. The molecule has 0 N–H and O–H groups in total. The second-order valence-electron chi connectivity index (χ2n) is 3.82. The summed E-state index contributed by atoms with van der Waals surface area (Å²) in [7, 11) is -3.40. The standard InChI is InChI=1S/C14H16O3S/c1-13(2)12-17-10-6-7-11-18(15,16)14-8-4-3-5-9-14/h3-6,8-9,11H,1,10,12H2,2H3. The van der Waals surface area contributed by atoms with Crippen molar-refractivity contribution in [3.8, 4) is 0 Å². The molecule has 0 spiro atoms. The zero-order valence-corrected chi connectivity index (χ0v) is 11.1. The minimum atomic E-state index is -3.40. The lowest BCUT2D eigenvalue weighted by Gasteiger charge is -1.97. The van der Waals surface area contributed by atoms with Gasteiger partial charge in [-0.25, -0.2) is 8.42 Å². The van der Waals surface area contributed by atoms with Gasteiger partial charge in [-0.2, -0.15) is 0 Å². The molecule has 0 aliphatic carbocycles. The second-order valence-corrected chi connectivity index (χ2v) is 5.62. The molecule has 0 unspecified atom stereocenters. The van der Waals surface area contributed by atoms with E-state index in [9.17, 15) is 8.42 Å². The first-order valence-corrected chi connectivity index (χ1v) is 7.00. The van der Waals surface area contributed by atoms with Crippen molar-refractivity contribution in [2.45, 2.75) is 11.8 Å². The SMILES string of the molecule is C=C(C)COCC=C=CS(=O)(=O)c1ccccc1. The van der Waals surface area contributed by atoms with Crippen LogP contribution in [0.3, 0.4) is 0 Å². The van der Waals surface area contributed by atoms with Crippen molar-refractivity contribution in [2.75, 3.05) is 13.2 Å². The van der Waals surface area contributed by atoms with Crippen molar-refractivity contribution in [1.29, 1.82) is 0 Å². The molecule has 96 valence electrons. The van der Waals surface area contributed by atoms with E-state index in [4.69, 9.17) is 4.74 Å². The number of hydrogen-bond acceptors (Lipinski definition) is 3. The van der Waals surface area contributed by atoms with Gasteiger partial charge in [0.15, 0.2) is 0 Å². The molecule has 4 heteroatoms. The van der Waals surface area contributed by atoms with Crippen molar-refractivity contribution in [3.63, 3.8) is 0 Å². The Balaban J connectivity index is 2.61. The Morgan fingerprint density at radius 2 is 2.06 bits per heavy atom. The maximum absolute atomic E-state index is 11.8. The van der Waals surface area contributed by atoms with Gasteiger partial charge in [0.2, 0.25) is 9.84 Å². The lowest BCUT2D eigenvalue weighted by Crippen LogP contribution is -1.95. The normalized spacial score (nSPS) is 10.5. The molecular weight excluding hydrogens is 248 g/mol. The first-order chi connectivity index (χ1) is 8.52. The number of sulfone groups is 1. The Morgan fingerprint density at radius 1 is 1.39 bits per heavy atom. The van der Waals surface area contributed by atoms with E-state index >= 15 is 0 Å². The molecule has 0 saturated heterocycles. The van der Waals surface area contributed by atoms with Crippen LogP contribution < -0.4 is 0 Å². The van der Waals surface area contributed by atoms with Crippen molar-refractivity contribution in [3.05, 3.63) is 59.7 Å². The summed E-state index contributed by atoms with van der Waals surface area (Å²) < 4.78 is 28.7. The number of ether oxygens (including phenoxy) is 1. The molecule has 1 rings (SSSR count). The summed E-state index contributed by atoms with van der Waals surface area (Å²) in [4.78, 5) is 0.258. The second kappa shape index (κ2) is 6.97. The molecule has 0 radical (unpaired) electrons. The van der Waals surface area contributed by atoms with E-state index in [2.05, 4.69) is 12.3 Å². The smallest absolute Gasteiger partial charge is 0.207 e. The maximum Gasteiger partial charge on any atom is 0.207 e. The van der Waals surface area contributed by atoms with E-state index in [1.807, 2.05) is 6.92 Å². The topological polar surface area (TPSA) is 43.4 Å². The third-order valence-corrected chi connectivity index (χ3v) is 3.34. The zero-order chi connectivity index (χ0) is 13.4. The van der Waals surface area contributed by atoms with Gasteiger partial charge in [-0.05, 0) is 25.1 Å². The summed E-state index contributed by atoms with van der Waals surface area (Å²) in [5, 5.41) is 1.05. The van der Waals surface area contributed by atoms with Gasteiger partial charge in [-0.1, -0.05) is 30.4 Å². The molecule has 18 heavy (non-hydrogen) atoms. The van der Waals surface area contributed by atoms with E-state index < -0.39 is 9.84 Å². The van der Waals surface area contributed by atoms with Crippen molar-refractivity contribution in [2.24, 2.45) is 0 Å². The fourth-order valence-corrected chi connectivity index (χ4v) is 2.10. The van der Waals surface area contributed by atoms with Crippen LogP contribution in [0, 0.1) is 0 Å². The van der Waals surface area contributed by atoms with Gasteiger partial charge in [0.05, 0.1) is 23.5 Å². The quantitative estimate of drug-likeness (QED) is 0.451. The van der Waals surface area contributed by atoms with Crippen LogP contribution in [0.2, 0.25) is 0 Å². The largest absolute Gasteiger partial charge is 0.372 e. The van der Waals surface area contributed by atoms with Crippen molar-refractivity contribution < 1.29 is 13.2 Å². The Kier molecular flexibility index (Phi) is 5.59. The molecule has 1 aromatic rings. The zero-order valence-electron chi connectivity index (χ0n) is 10.3. The van der Waals surface area contributed by atoms with E-state index in [0.29, 0.717) is 13.2 Å². The fourth-order valence-electron chi connectivity index (χ4n) is 1.16. The molecule has 0 aromatic heterocycles. The molecule has 0 fully saturated rings. The molecule has 1 aromatic carbocycles. The van der Waals surface area contributed by atoms with Gasteiger partial charge in [-0.15, -0.1) is 5.73 Å². The molecule has 0 atom stereocenters. The molecule has 0 amide bonds. The maximum atomic E-state index is 11.8. The number of benzene rings is 1. The summed E-state index contributed by atoms with van der Waals surface area (Å²) in [6.07, 6.45) is 1.53. The summed E-state index contributed by atoms with van der Waals surface area (Å²) in [6, 6.07) is 8.22. The summed E-state index contributed by atoms with van der Waals surface area (Å²) in [6.45, 7) is 6.32. The highest BCUT2D eigenvalue weighted by molar-refractivity contribution is 7.94. The predicted octanol–water partition coefficient (Wildman–Crippen LogP) is 2.72. The van der Waals surface area contributed by atoms with Gasteiger partial charge in [0, 0.05) is 0 Å². The number of rotatable bonds is 6. The van der Waals surface area contributed by atoms with E-state index in [-0.39, 0.29) is 4.90 Å². The van der Waals surface area contributed by atoms with Gasteiger partial charge >= 0.3 is 0 Å². The average molecular weight is 264 g/mol. The molecule has 0 aliphatic heterocycles. The van der Waals surface area contributed by atoms with Gasteiger partial charge in [0.1, 0.15) is 0 Å². The first-order valence-electron chi connectivity index (χ1n) is 5.45. The highest BCUT2D eigenvalue weighted by atomic mass is 32.2. The molecule has 0 aliphatic rings. The lowest BCUT2D eigenvalue weighted by atomic mass is 10.4. The third kappa shape index (κ3) is 5.15. The van der Waals surface area contributed by atoms with Crippen LogP contribution in [0.25, 0.3) is 0 Å². The van der Waals surface area contributed by atoms with E-state index in [0.717, 1.165) is 11.0 Å². The molecular formula is C14H16O3S. The summed E-state index contributed by atoms with van der Waals surface area (Å²) >= 11 is 0. The summed E-state index contributed by atoms with van der Waals surface area (Å²) in [5.41, 5.74) is 3.53. The highest BCUT2D eigenvalue weighted by Crippen LogP contribution is 2.10. The van der Waals surface area contributed by atoms with E-state index in [1.54, 1.807) is 30.3 Å². The van der Waals surface area contributed by atoms with Crippen molar-refractivity contribution >= 4 is 9.84 Å². The first kappa shape index (κ1) is 14.5. The molecule has 0 saturated carbocycles. The molecule has 3 nitrogen and oxygen atoms in total. The van der Waals surface area contributed by atoms with Crippen LogP contribution in [0.15, 0.2) is 64.6 Å². The fraction of sp³-hybridized carbons (Fsp3) is 0.214. The van der Waals surface area contributed by atoms with Crippen LogP contribution in [-0.2, 0) is 14.6 Å². The van der Waals surface area contributed by atoms with Crippen LogP contribution in [0.4, 0.5) is 0 Å². The molecule has 0 heterocycles. The number of hydrogen-bond donors (Lipinski definition) is 0. The van der Waals surface area contributed by atoms with Gasteiger partial charge in [-0.3, -0.25) is 0 Å². The average Bonchev–Trinajstić information content (AvgIpc) is 2.34. The Bertz CT molecular complexity index is 550. The van der Waals surface area contributed by atoms with Crippen LogP contribution in [0.1, 0.15) is 6.92 Å². The van der Waals surface area contributed by atoms with Crippen LogP contribution >= 0.6 is 0 Å². The van der Waals surface area contributed by atoms with Crippen LogP contribution in [0.5, 0.6) is 0 Å². The minimum absolute atomic E-state index is 0.258. The Morgan fingerprint density at radius 3 is 2.67 bits per heavy atom. The minimum Gasteiger partial charge on any atom is -0.372 e. The van der Waals surface area contributed by atoms with Crippen molar-refractivity contribution in [1.82, 2.24) is 0 Å². The predicted molar refractivity (Wildman–Crippen MR) is 71.9 cm³/mol. The molecule has 0 bridgehead atoms. The Hall–Kier alpha value is -1.61. The van der Waals surface area contributed by atoms with Gasteiger partial charge < -0.3 is 4.74 Å². The van der Waals surface area contributed by atoms with E-state index in [1.165, 1.54) is 6.08 Å². The monoisotopic (exact) mass is 264 g/mol. The van der Waals surface area contributed by atoms with Gasteiger partial charge in [0.25, 0.3) is 0 Å². The summed E-state index contributed by atoms with van der Waals surface area (Å²) in [5.74, 6) is 0.